The molecule has 21 heavy (non-hydrogen) atoms. The van der Waals surface area contributed by atoms with Crippen LogP contribution in [-0.2, 0) is 6.54 Å². The van der Waals surface area contributed by atoms with Crippen molar-refractivity contribution in [2.24, 2.45) is 5.92 Å². The van der Waals surface area contributed by atoms with Crippen molar-refractivity contribution < 1.29 is 0 Å². The van der Waals surface area contributed by atoms with Gasteiger partial charge >= 0.3 is 0 Å². The van der Waals surface area contributed by atoms with Crippen LogP contribution < -0.4 is 5.32 Å². The molecule has 1 fully saturated rings. The molecule has 0 atom stereocenters. The summed E-state index contributed by atoms with van der Waals surface area (Å²) in [6.45, 7) is 9.38. The summed E-state index contributed by atoms with van der Waals surface area (Å²) in [6, 6.07) is 1.98. The minimum Gasteiger partial charge on any atom is -0.321 e. The van der Waals surface area contributed by atoms with Crippen molar-refractivity contribution in [1.82, 2.24) is 19.7 Å². The summed E-state index contributed by atoms with van der Waals surface area (Å²) in [6.07, 6.45) is 4.43. The third-order valence-corrected chi connectivity index (χ3v) is 3.61. The molecule has 5 nitrogen and oxygen atoms in total. The monoisotopic (exact) mass is 285 g/mol. The van der Waals surface area contributed by atoms with Gasteiger partial charge in [-0.15, -0.1) is 0 Å². The van der Waals surface area contributed by atoms with E-state index in [1.165, 1.54) is 18.5 Å². The number of nitrogens with zero attached hydrogens (tertiary/aromatic N) is 4. The molecule has 5 heteroatoms. The van der Waals surface area contributed by atoms with Gasteiger partial charge in [-0.25, -0.2) is 9.97 Å². The quantitative estimate of drug-likeness (QED) is 0.912. The third-order valence-electron chi connectivity index (χ3n) is 3.61. The van der Waals surface area contributed by atoms with Crippen LogP contribution in [0, 0.1) is 19.8 Å². The summed E-state index contributed by atoms with van der Waals surface area (Å²) in [5.74, 6) is 1.89. The van der Waals surface area contributed by atoms with Crippen molar-refractivity contribution in [3.63, 3.8) is 0 Å². The number of hydrogen-bond donors (Lipinski definition) is 1. The highest BCUT2D eigenvalue weighted by molar-refractivity contribution is 5.57. The zero-order chi connectivity index (χ0) is 15.0. The average molecular weight is 285 g/mol. The van der Waals surface area contributed by atoms with E-state index in [0.29, 0.717) is 17.8 Å². The molecular formula is C16H23N5. The summed E-state index contributed by atoms with van der Waals surface area (Å²) in [5, 5.41) is 7.92. The molecule has 0 radical (unpaired) electrons. The van der Waals surface area contributed by atoms with Gasteiger partial charge in [-0.3, -0.25) is 4.68 Å². The molecule has 1 N–H and O–H groups in total. The van der Waals surface area contributed by atoms with Crippen LogP contribution in [0.25, 0.3) is 0 Å². The summed E-state index contributed by atoms with van der Waals surface area (Å²) in [7, 11) is 0. The van der Waals surface area contributed by atoms with Crippen molar-refractivity contribution in [3.8, 4) is 0 Å². The topological polar surface area (TPSA) is 55.6 Å². The summed E-state index contributed by atoms with van der Waals surface area (Å²) >= 11 is 0. The van der Waals surface area contributed by atoms with Gasteiger partial charge in [-0.05, 0) is 38.7 Å². The van der Waals surface area contributed by atoms with Crippen LogP contribution in [0.15, 0.2) is 12.3 Å². The molecule has 0 aliphatic heterocycles. The van der Waals surface area contributed by atoms with Gasteiger partial charge < -0.3 is 5.32 Å². The lowest BCUT2D eigenvalue weighted by atomic mass is 10.2. The first kappa shape index (κ1) is 14.0. The minimum atomic E-state index is 0.590. The van der Waals surface area contributed by atoms with E-state index >= 15 is 0 Å². The number of hydrogen-bond acceptors (Lipinski definition) is 4. The van der Waals surface area contributed by atoms with Crippen LogP contribution in [0.1, 0.15) is 49.7 Å². The Hall–Kier alpha value is -1.91. The zero-order valence-electron chi connectivity index (χ0n) is 13.2. The Kier molecular flexibility index (Phi) is 3.66. The van der Waals surface area contributed by atoms with E-state index < -0.39 is 0 Å². The van der Waals surface area contributed by atoms with Crippen LogP contribution in [0.5, 0.6) is 0 Å². The molecule has 0 amide bonds. The van der Waals surface area contributed by atoms with Gasteiger partial charge in [0.05, 0.1) is 17.6 Å². The summed E-state index contributed by atoms with van der Waals surface area (Å²) in [4.78, 5) is 8.92. The second-order valence-electron chi connectivity index (χ2n) is 6.39. The lowest BCUT2D eigenvalue weighted by molar-refractivity contribution is 0.469. The Bertz CT molecular complexity index is 620. The molecule has 112 valence electrons. The normalized spacial score (nSPS) is 14.7. The molecule has 2 aromatic rings. The summed E-state index contributed by atoms with van der Waals surface area (Å²) < 4.78 is 2.15. The van der Waals surface area contributed by atoms with Gasteiger partial charge in [0.2, 0.25) is 5.95 Å². The van der Waals surface area contributed by atoms with Crippen LogP contribution in [0.3, 0.4) is 0 Å². The summed E-state index contributed by atoms with van der Waals surface area (Å²) in [5.41, 5.74) is 4.33. The fourth-order valence-corrected chi connectivity index (χ4v) is 2.67. The van der Waals surface area contributed by atoms with Crippen molar-refractivity contribution >= 4 is 11.6 Å². The Morgan fingerprint density at radius 3 is 2.48 bits per heavy atom. The highest BCUT2D eigenvalue weighted by Gasteiger charge is 2.30. The van der Waals surface area contributed by atoms with Gasteiger partial charge in [0.1, 0.15) is 0 Å². The predicted octanol–water partition coefficient (Wildman–Crippen LogP) is 3.57. The number of nitrogens with one attached hydrogen (secondary N) is 1. The van der Waals surface area contributed by atoms with Crippen molar-refractivity contribution in [3.05, 3.63) is 29.3 Å². The predicted molar refractivity (Wildman–Crippen MR) is 83.8 cm³/mol. The molecule has 0 unspecified atom stereocenters. The fourth-order valence-electron chi connectivity index (χ4n) is 2.67. The molecule has 0 saturated heterocycles. The number of aryl methyl sites for hydroxylation is 2. The van der Waals surface area contributed by atoms with Gasteiger partial charge in [-0.2, -0.15) is 5.10 Å². The van der Waals surface area contributed by atoms with Gasteiger partial charge in [0.25, 0.3) is 0 Å². The molecule has 0 spiro atoms. The van der Waals surface area contributed by atoms with E-state index in [0.717, 1.165) is 23.6 Å². The van der Waals surface area contributed by atoms with E-state index in [1.54, 1.807) is 0 Å². The van der Waals surface area contributed by atoms with Crippen molar-refractivity contribution in [2.75, 3.05) is 5.32 Å². The van der Waals surface area contributed by atoms with E-state index in [-0.39, 0.29) is 0 Å². The SMILES string of the molecule is Cc1cc(C)nc(Nc2cnn(CC(C)C)c2C2CC2)n1. The molecule has 3 rings (SSSR count). The molecule has 2 heterocycles. The molecule has 0 aromatic carbocycles. The second kappa shape index (κ2) is 5.47. The van der Waals surface area contributed by atoms with E-state index in [2.05, 4.69) is 38.9 Å². The Labute approximate surface area is 125 Å². The van der Waals surface area contributed by atoms with Gasteiger partial charge in [0, 0.05) is 23.9 Å². The molecule has 1 saturated carbocycles. The highest BCUT2D eigenvalue weighted by atomic mass is 15.3. The standard InChI is InChI=1S/C16H23N5/c1-10(2)9-21-15(13-5-6-13)14(8-17-21)20-16-18-11(3)7-12(4)19-16/h7-8,10,13H,5-6,9H2,1-4H3,(H,18,19,20). The molecule has 1 aliphatic rings. The van der Waals surface area contributed by atoms with Crippen LogP contribution >= 0.6 is 0 Å². The Balaban J connectivity index is 1.89. The van der Waals surface area contributed by atoms with Gasteiger partial charge in [-0.1, -0.05) is 13.8 Å². The first-order valence-corrected chi connectivity index (χ1v) is 7.68. The van der Waals surface area contributed by atoms with Crippen LogP contribution in [0.4, 0.5) is 11.6 Å². The third kappa shape index (κ3) is 3.23. The van der Waals surface area contributed by atoms with E-state index in [9.17, 15) is 0 Å². The first-order valence-electron chi connectivity index (χ1n) is 7.68. The van der Waals surface area contributed by atoms with Gasteiger partial charge in [0.15, 0.2) is 0 Å². The number of rotatable bonds is 5. The lowest BCUT2D eigenvalue weighted by Crippen LogP contribution is -2.10. The maximum Gasteiger partial charge on any atom is 0.227 e. The second-order valence-corrected chi connectivity index (χ2v) is 6.39. The Morgan fingerprint density at radius 1 is 1.24 bits per heavy atom. The van der Waals surface area contributed by atoms with Crippen molar-refractivity contribution in [2.45, 2.75) is 53.0 Å². The lowest BCUT2D eigenvalue weighted by Gasteiger charge is -2.12. The molecule has 1 aliphatic carbocycles. The zero-order valence-corrected chi connectivity index (χ0v) is 13.2. The average Bonchev–Trinajstić information content (AvgIpc) is 3.12. The highest BCUT2D eigenvalue weighted by Crippen LogP contribution is 2.44. The maximum absolute atomic E-state index is 4.56. The van der Waals surface area contributed by atoms with Crippen LogP contribution in [-0.4, -0.2) is 19.7 Å². The smallest absolute Gasteiger partial charge is 0.227 e. The maximum atomic E-state index is 4.56. The number of aromatic nitrogens is 4. The molecular weight excluding hydrogens is 262 g/mol. The first-order chi connectivity index (χ1) is 10.0. The van der Waals surface area contributed by atoms with Crippen LogP contribution in [0.2, 0.25) is 0 Å². The molecule has 0 bridgehead atoms. The fraction of sp³-hybridized carbons (Fsp3) is 0.562. The number of anilines is 2. The van der Waals surface area contributed by atoms with Crippen molar-refractivity contribution in [1.29, 1.82) is 0 Å². The van der Waals surface area contributed by atoms with E-state index in [4.69, 9.17) is 0 Å². The Morgan fingerprint density at radius 2 is 1.90 bits per heavy atom. The largest absolute Gasteiger partial charge is 0.321 e. The van der Waals surface area contributed by atoms with E-state index in [1.807, 2.05) is 26.1 Å². The molecule has 2 aromatic heterocycles. The minimum absolute atomic E-state index is 0.590.